The van der Waals surface area contributed by atoms with Crippen LogP contribution in [0, 0.1) is 10.1 Å². The Morgan fingerprint density at radius 3 is 2.71 bits per heavy atom. The largest absolute Gasteiger partial charge is 0.496 e. The number of non-ortho nitro benzene ring substituents is 1. The zero-order chi connectivity index (χ0) is 22.1. The fraction of sp³-hybridized carbons (Fsp3) is 0.0909. The summed E-state index contributed by atoms with van der Waals surface area (Å²) in [5.41, 5.74) is 1.96. The van der Waals surface area contributed by atoms with Crippen molar-refractivity contribution in [1.82, 2.24) is 0 Å². The second kappa shape index (κ2) is 8.08. The summed E-state index contributed by atoms with van der Waals surface area (Å²) in [6.45, 7) is 1.73. The van der Waals surface area contributed by atoms with Gasteiger partial charge in [-0.05, 0) is 49.4 Å². The number of nitrogens with zero attached hydrogens (tertiary/aromatic N) is 3. The molecule has 0 saturated carbocycles. The molecular weight excluding hydrogens is 422 g/mol. The van der Waals surface area contributed by atoms with Gasteiger partial charge in [0.2, 0.25) is 0 Å². The molecule has 4 rings (SSSR count). The van der Waals surface area contributed by atoms with E-state index in [1.54, 1.807) is 55.5 Å². The molecule has 0 unspecified atom stereocenters. The van der Waals surface area contributed by atoms with E-state index in [1.165, 1.54) is 24.3 Å². The van der Waals surface area contributed by atoms with Crippen LogP contribution >= 0.6 is 11.6 Å². The number of rotatable bonds is 5. The molecule has 0 bridgehead atoms. The molecule has 0 saturated heterocycles. The van der Waals surface area contributed by atoms with E-state index in [4.69, 9.17) is 20.8 Å². The highest BCUT2D eigenvalue weighted by Crippen LogP contribution is 2.35. The molecule has 2 aromatic carbocycles. The monoisotopic (exact) mass is 437 g/mol. The van der Waals surface area contributed by atoms with Gasteiger partial charge in [-0.3, -0.25) is 14.9 Å². The average molecular weight is 438 g/mol. The predicted octanol–water partition coefficient (Wildman–Crippen LogP) is 5.32. The molecule has 3 aromatic rings. The highest BCUT2D eigenvalue weighted by atomic mass is 35.5. The minimum atomic E-state index is -0.496. The molecule has 1 aliphatic heterocycles. The van der Waals surface area contributed by atoms with Gasteiger partial charge in [0.05, 0.1) is 40.6 Å². The highest BCUT2D eigenvalue weighted by molar-refractivity contribution is 6.33. The Kier molecular flexibility index (Phi) is 5.31. The van der Waals surface area contributed by atoms with E-state index in [0.717, 1.165) is 0 Å². The average Bonchev–Trinajstić information content (AvgIpc) is 3.33. The first-order valence-electron chi connectivity index (χ1n) is 9.17. The third-order valence-corrected chi connectivity index (χ3v) is 4.93. The number of nitro groups is 1. The van der Waals surface area contributed by atoms with Crippen molar-refractivity contribution < 1.29 is 18.9 Å². The number of carbonyl (C=O) groups is 1. The van der Waals surface area contributed by atoms with Crippen molar-refractivity contribution in [3.63, 3.8) is 0 Å². The number of nitro benzene ring substituents is 1. The van der Waals surface area contributed by atoms with Crippen molar-refractivity contribution in [2.24, 2.45) is 5.10 Å². The van der Waals surface area contributed by atoms with Crippen LogP contribution in [-0.4, -0.2) is 23.7 Å². The van der Waals surface area contributed by atoms with Gasteiger partial charge < -0.3 is 9.15 Å². The third-order valence-electron chi connectivity index (χ3n) is 4.69. The van der Waals surface area contributed by atoms with E-state index in [2.05, 4.69) is 5.10 Å². The minimum absolute atomic E-state index is 0.0843. The second-order valence-corrected chi connectivity index (χ2v) is 7.12. The number of amides is 1. The highest BCUT2D eigenvalue weighted by Gasteiger charge is 2.29. The Morgan fingerprint density at radius 1 is 1.19 bits per heavy atom. The summed E-state index contributed by atoms with van der Waals surface area (Å²) >= 11 is 6.02. The van der Waals surface area contributed by atoms with Gasteiger partial charge in [-0.2, -0.15) is 10.1 Å². The maximum absolute atomic E-state index is 12.9. The van der Waals surface area contributed by atoms with Gasteiger partial charge >= 0.3 is 0 Å². The number of hydrazone groups is 1. The van der Waals surface area contributed by atoms with Crippen LogP contribution in [0.4, 0.5) is 11.4 Å². The molecule has 0 N–H and O–H groups in total. The summed E-state index contributed by atoms with van der Waals surface area (Å²) in [5, 5.41) is 17.1. The van der Waals surface area contributed by atoms with Crippen LogP contribution in [0.3, 0.4) is 0 Å². The van der Waals surface area contributed by atoms with E-state index in [9.17, 15) is 14.9 Å². The van der Waals surface area contributed by atoms with Gasteiger partial charge in [-0.1, -0.05) is 17.7 Å². The maximum atomic E-state index is 12.9. The molecule has 0 fully saturated rings. The van der Waals surface area contributed by atoms with Gasteiger partial charge in [0.15, 0.2) is 0 Å². The van der Waals surface area contributed by atoms with E-state index in [-0.39, 0.29) is 11.6 Å². The Morgan fingerprint density at radius 2 is 2.00 bits per heavy atom. The fourth-order valence-electron chi connectivity index (χ4n) is 3.18. The molecule has 0 radical (unpaired) electrons. The Balaban J connectivity index is 1.64. The lowest BCUT2D eigenvalue weighted by atomic mass is 10.1. The maximum Gasteiger partial charge on any atom is 0.280 e. The van der Waals surface area contributed by atoms with Crippen LogP contribution in [-0.2, 0) is 4.79 Å². The zero-order valence-electron chi connectivity index (χ0n) is 16.5. The standard InChI is InChI=1S/C22H16ClN3O5/c1-13-19(22(27)25(24-13)15-5-3-4-14(23)10-15)12-17-7-9-20(31-17)18-8-6-16(26(28)29)11-21(18)30-2/h3-12H,1-2H3/b19-12+. The van der Waals surface area contributed by atoms with Crippen LogP contribution in [0.15, 0.2) is 69.7 Å². The first-order chi connectivity index (χ1) is 14.9. The molecule has 0 atom stereocenters. The van der Waals surface area contributed by atoms with Crippen LogP contribution in [0.1, 0.15) is 12.7 Å². The number of hydrogen-bond donors (Lipinski definition) is 0. The van der Waals surface area contributed by atoms with Gasteiger partial charge in [-0.15, -0.1) is 0 Å². The Labute approximate surface area is 182 Å². The third kappa shape index (κ3) is 3.93. The van der Waals surface area contributed by atoms with Gasteiger partial charge in [0, 0.05) is 11.1 Å². The molecule has 156 valence electrons. The molecule has 8 nitrogen and oxygen atoms in total. The summed E-state index contributed by atoms with van der Waals surface area (Å²) < 4.78 is 11.1. The van der Waals surface area contributed by atoms with Crippen molar-refractivity contribution >= 4 is 40.7 Å². The summed E-state index contributed by atoms with van der Waals surface area (Å²) in [7, 11) is 1.43. The molecule has 1 amide bonds. The summed E-state index contributed by atoms with van der Waals surface area (Å²) in [4.78, 5) is 23.4. The second-order valence-electron chi connectivity index (χ2n) is 6.68. The van der Waals surface area contributed by atoms with E-state index >= 15 is 0 Å². The van der Waals surface area contributed by atoms with E-state index in [0.29, 0.717) is 44.8 Å². The molecule has 9 heteroatoms. The van der Waals surface area contributed by atoms with Gasteiger partial charge in [0.25, 0.3) is 11.6 Å². The first kappa shape index (κ1) is 20.4. The lowest BCUT2D eigenvalue weighted by molar-refractivity contribution is -0.384. The molecule has 0 aliphatic carbocycles. The number of methoxy groups -OCH3 is 1. The smallest absolute Gasteiger partial charge is 0.280 e. The van der Waals surface area contributed by atoms with Crippen LogP contribution in [0.25, 0.3) is 17.4 Å². The number of ether oxygens (including phenoxy) is 1. The molecule has 0 spiro atoms. The van der Waals surface area contributed by atoms with Crippen LogP contribution < -0.4 is 9.75 Å². The molecular formula is C22H16ClN3O5. The number of anilines is 1. The van der Waals surface area contributed by atoms with Crippen molar-refractivity contribution in [2.75, 3.05) is 12.1 Å². The normalized spacial score (nSPS) is 14.8. The quantitative estimate of drug-likeness (QED) is 0.305. The summed E-state index contributed by atoms with van der Waals surface area (Å²) in [6.07, 6.45) is 1.60. The van der Waals surface area contributed by atoms with Gasteiger partial charge in [0.1, 0.15) is 17.3 Å². The number of halogens is 1. The lowest BCUT2D eigenvalue weighted by Crippen LogP contribution is -2.21. The fourth-order valence-corrected chi connectivity index (χ4v) is 3.37. The first-order valence-corrected chi connectivity index (χ1v) is 9.55. The molecule has 31 heavy (non-hydrogen) atoms. The number of hydrogen-bond acceptors (Lipinski definition) is 6. The van der Waals surface area contributed by atoms with E-state index in [1.807, 2.05) is 0 Å². The van der Waals surface area contributed by atoms with Crippen LogP contribution in [0.2, 0.25) is 5.02 Å². The Bertz CT molecular complexity index is 1260. The van der Waals surface area contributed by atoms with E-state index < -0.39 is 4.92 Å². The summed E-state index contributed by atoms with van der Waals surface area (Å²) in [5.74, 6) is 0.891. The topological polar surface area (TPSA) is 98.2 Å². The van der Waals surface area contributed by atoms with Crippen molar-refractivity contribution in [2.45, 2.75) is 6.92 Å². The number of benzene rings is 2. The van der Waals surface area contributed by atoms with Crippen molar-refractivity contribution in [1.29, 1.82) is 0 Å². The SMILES string of the molecule is COc1cc([N+](=O)[O-])ccc1-c1ccc(/C=C2/C(=O)N(c3cccc(Cl)c3)N=C2C)o1. The Hall–Kier alpha value is -3.91. The van der Waals surface area contributed by atoms with Crippen LogP contribution in [0.5, 0.6) is 5.75 Å². The number of furan rings is 1. The summed E-state index contributed by atoms with van der Waals surface area (Å²) in [6, 6.07) is 14.5. The lowest BCUT2D eigenvalue weighted by Gasteiger charge is -2.11. The van der Waals surface area contributed by atoms with Gasteiger partial charge in [-0.25, -0.2) is 0 Å². The minimum Gasteiger partial charge on any atom is -0.496 e. The molecule has 2 heterocycles. The predicted molar refractivity (Wildman–Crippen MR) is 117 cm³/mol. The van der Waals surface area contributed by atoms with Crippen molar-refractivity contribution in [3.05, 3.63) is 81.1 Å². The molecule has 1 aliphatic rings. The molecule has 1 aromatic heterocycles. The number of carbonyl (C=O) groups excluding carboxylic acids is 1. The van der Waals surface area contributed by atoms with Crippen molar-refractivity contribution in [3.8, 4) is 17.1 Å². The zero-order valence-corrected chi connectivity index (χ0v) is 17.3.